The molecule has 0 bridgehead atoms. The van der Waals surface area contributed by atoms with E-state index in [-0.39, 0.29) is 6.61 Å². The zero-order valence-electron chi connectivity index (χ0n) is 5.01. The number of pyridine rings is 1. The minimum absolute atomic E-state index is 0.0781. The monoisotopic (exact) mass is 221 g/mol. The van der Waals surface area contributed by atoms with Gasteiger partial charge in [-0.25, -0.2) is 0 Å². The maximum Gasteiger partial charge on any atom is 0.0712 e. The summed E-state index contributed by atoms with van der Waals surface area (Å²) in [6.07, 6.45) is 3.12. The van der Waals surface area contributed by atoms with Crippen LogP contribution in [0, 0.1) is 0 Å². The van der Waals surface area contributed by atoms with Gasteiger partial charge in [-0.1, -0.05) is 11.6 Å². The molecule has 1 N–H and O–H groups in total. The zero-order chi connectivity index (χ0) is 7.56. The van der Waals surface area contributed by atoms with Crippen molar-refractivity contribution in [1.82, 2.24) is 4.98 Å². The molecule has 54 valence electrons. The number of aliphatic hydroxyl groups is 1. The van der Waals surface area contributed by atoms with Crippen molar-refractivity contribution in [2.24, 2.45) is 0 Å². The second-order valence-electron chi connectivity index (χ2n) is 1.75. The van der Waals surface area contributed by atoms with Crippen LogP contribution in [-0.4, -0.2) is 10.1 Å². The van der Waals surface area contributed by atoms with E-state index in [0.717, 1.165) is 0 Å². The quantitative estimate of drug-likeness (QED) is 0.788. The van der Waals surface area contributed by atoms with Gasteiger partial charge in [0.25, 0.3) is 0 Å². The highest BCUT2D eigenvalue weighted by Gasteiger charge is 2.01. The smallest absolute Gasteiger partial charge is 0.0712 e. The highest BCUT2D eigenvalue weighted by molar-refractivity contribution is 9.10. The van der Waals surface area contributed by atoms with Crippen molar-refractivity contribution in [2.45, 2.75) is 6.61 Å². The molecule has 0 aliphatic carbocycles. The second-order valence-corrected chi connectivity index (χ2v) is 2.98. The summed E-state index contributed by atoms with van der Waals surface area (Å²) in [6, 6.07) is 0. The Bertz CT molecular complexity index is 241. The Morgan fingerprint density at radius 1 is 1.60 bits per heavy atom. The van der Waals surface area contributed by atoms with E-state index in [2.05, 4.69) is 20.9 Å². The average Bonchev–Trinajstić information content (AvgIpc) is 1.95. The van der Waals surface area contributed by atoms with Gasteiger partial charge in [-0.05, 0) is 15.9 Å². The van der Waals surface area contributed by atoms with E-state index in [0.29, 0.717) is 15.1 Å². The first kappa shape index (κ1) is 7.98. The van der Waals surface area contributed by atoms with Crippen molar-refractivity contribution in [3.8, 4) is 0 Å². The number of rotatable bonds is 1. The van der Waals surface area contributed by atoms with Gasteiger partial charge in [0.2, 0.25) is 0 Å². The maximum atomic E-state index is 8.70. The van der Waals surface area contributed by atoms with Crippen LogP contribution in [0.3, 0.4) is 0 Å². The molecule has 0 aliphatic heterocycles. The molecule has 0 radical (unpaired) electrons. The molecule has 1 aromatic rings. The van der Waals surface area contributed by atoms with Gasteiger partial charge >= 0.3 is 0 Å². The van der Waals surface area contributed by atoms with E-state index in [4.69, 9.17) is 16.7 Å². The van der Waals surface area contributed by atoms with Crippen molar-refractivity contribution in [1.29, 1.82) is 0 Å². The molecule has 1 aromatic heterocycles. The van der Waals surface area contributed by atoms with Crippen molar-refractivity contribution in [3.63, 3.8) is 0 Å². The first-order chi connectivity index (χ1) is 4.75. The summed E-state index contributed by atoms with van der Waals surface area (Å²) in [6.45, 7) is -0.0781. The van der Waals surface area contributed by atoms with Gasteiger partial charge in [-0.2, -0.15) is 0 Å². The summed E-state index contributed by atoms with van der Waals surface area (Å²) in [4.78, 5) is 3.82. The Morgan fingerprint density at radius 3 is 2.80 bits per heavy atom. The molecule has 10 heavy (non-hydrogen) atoms. The van der Waals surface area contributed by atoms with Crippen LogP contribution in [0.2, 0.25) is 5.02 Å². The lowest BCUT2D eigenvalue weighted by Gasteiger charge is -1.99. The number of hydrogen-bond donors (Lipinski definition) is 1. The fourth-order valence-corrected chi connectivity index (χ4v) is 1.10. The molecule has 4 heteroatoms. The molecule has 0 unspecified atom stereocenters. The van der Waals surface area contributed by atoms with Gasteiger partial charge in [-0.15, -0.1) is 0 Å². The highest BCUT2D eigenvalue weighted by atomic mass is 79.9. The van der Waals surface area contributed by atoms with Gasteiger partial charge < -0.3 is 5.11 Å². The highest BCUT2D eigenvalue weighted by Crippen LogP contribution is 2.24. The number of hydrogen-bond acceptors (Lipinski definition) is 2. The fraction of sp³-hybridized carbons (Fsp3) is 0.167. The lowest BCUT2D eigenvalue weighted by Crippen LogP contribution is -1.86. The van der Waals surface area contributed by atoms with Crippen LogP contribution in [0.25, 0.3) is 0 Å². The molecular weight excluding hydrogens is 217 g/mol. The van der Waals surface area contributed by atoms with E-state index >= 15 is 0 Å². The zero-order valence-corrected chi connectivity index (χ0v) is 7.35. The molecule has 0 fully saturated rings. The number of aliphatic hydroxyl groups excluding tert-OH is 1. The molecule has 0 spiro atoms. The van der Waals surface area contributed by atoms with E-state index in [1.165, 1.54) is 6.20 Å². The van der Waals surface area contributed by atoms with E-state index < -0.39 is 0 Å². The van der Waals surface area contributed by atoms with E-state index in [9.17, 15) is 0 Å². The van der Waals surface area contributed by atoms with Crippen LogP contribution in [0.1, 0.15) is 5.56 Å². The SMILES string of the molecule is OCc1cncc(Br)c1Cl. The Kier molecular flexibility index (Phi) is 2.65. The van der Waals surface area contributed by atoms with Gasteiger partial charge in [-0.3, -0.25) is 4.98 Å². The van der Waals surface area contributed by atoms with Gasteiger partial charge in [0.1, 0.15) is 0 Å². The number of halogens is 2. The molecule has 0 atom stereocenters. The minimum atomic E-state index is -0.0781. The van der Waals surface area contributed by atoms with Gasteiger partial charge in [0.05, 0.1) is 16.1 Å². The normalized spacial score (nSPS) is 9.90. The first-order valence-corrected chi connectivity index (χ1v) is 3.81. The van der Waals surface area contributed by atoms with Crippen molar-refractivity contribution >= 4 is 27.5 Å². The van der Waals surface area contributed by atoms with Crippen molar-refractivity contribution in [3.05, 3.63) is 27.5 Å². The predicted octanol–water partition coefficient (Wildman–Crippen LogP) is 1.99. The third kappa shape index (κ3) is 1.48. The van der Waals surface area contributed by atoms with Crippen molar-refractivity contribution in [2.75, 3.05) is 0 Å². The molecule has 0 amide bonds. The lowest BCUT2D eigenvalue weighted by molar-refractivity contribution is 0.281. The van der Waals surface area contributed by atoms with Crippen LogP contribution in [0.15, 0.2) is 16.9 Å². The first-order valence-electron chi connectivity index (χ1n) is 2.64. The standard InChI is InChI=1S/C6H5BrClNO/c7-5-2-9-1-4(3-10)6(5)8/h1-2,10H,3H2. The molecular formula is C6H5BrClNO. The van der Waals surface area contributed by atoms with Crippen molar-refractivity contribution < 1.29 is 5.11 Å². The van der Waals surface area contributed by atoms with Crippen LogP contribution in [0.4, 0.5) is 0 Å². The topological polar surface area (TPSA) is 33.1 Å². The summed E-state index contributed by atoms with van der Waals surface area (Å²) >= 11 is 8.93. The van der Waals surface area contributed by atoms with E-state index in [1.54, 1.807) is 6.20 Å². The summed E-state index contributed by atoms with van der Waals surface area (Å²) in [5.41, 5.74) is 0.635. The Morgan fingerprint density at radius 2 is 2.30 bits per heavy atom. The van der Waals surface area contributed by atoms with Crippen LogP contribution in [-0.2, 0) is 6.61 Å². The Balaban J connectivity index is 3.14. The molecule has 0 aliphatic rings. The number of aromatic nitrogens is 1. The van der Waals surface area contributed by atoms with Gasteiger partial charge in [0.15, 0.2) is 0 Å². The maximum absolute atomic E-state index is 8.70. The molecule has 1 rings (SSSR count). The Labute approximate surface area is 72.0 Å². The third-order valence-corrected chi connectivity index (χ3v) is 2.36. The summed E-state index contributed by atoms with van der Waals surface area (Å²) in [7, 11) is 0. The summed E-state index contributed by atoms with van der Waals surface area (Å²) < 4.78 is 0.709. The molecule has 1 heterocycles. The summed E-state index contributed by atoms with van der Waals surface area (Å²) in [5, 5.41) is 9.22. The molecule has 0 saturated heterocycles. The van der Waals surface area contributed by atoms with Crippen LogP contribution in [0.5, 0.6) is 0 Å². The minimum Gasteiger partial charge on any atom is -0.392 e. The molecule has 0 saturated carbocycles. The van der Waals surface area contributed by atoms with E-state index in [1.807, 2.05) is 0 Å². The number of nitrogens with zero attached hydrogens (tertiary/aromatic N) is 1. The third-order valence-electron chi connectivity index (χ3n) is 1.08. The molecule has 2 nitrogen and oxygen atoms in total. The Hall–Kier alpha value is -0.120. The average molecular weight is 222 g/mol. The van der Waals surface area contributed by atoms with Crippen LogP contribution >= 0.6 is 27.5 Å². The fourth-order valence-electron chi connectivity index (χ4n) is 0.570. The molecule has 0 aromatic carbocycles. The predicted molar refractivity (Wildman–Crippen MR) is 42.9 cm³/mol. The lowest BCUT2D eigenvalue weighted by atomic mass is 10.3. The summed E-state index contributed by atoms with van der Waals surface area (Å²) in [5.74, 6) is 0. The van der Waals surface area contributed by atoms with Gasteiger partial charge in [0, 0.05) is 18.0 Å². The second kappa shape index (κ2) is 3.32. The van der Waals surface area contributed by atoms with Crippen LogP contribution < -0.4 is 0 Å². The largest absolute Gasteiger partial charge is 0.392 e.